The molecular formula is C15H30ClN3O2. The third-order valence-corrected chi connectivity index (χ3v) is 4.82. The van der Waals surface area contributed by atoms with Gasteiger partial charge in [0.15, 0.2) is 0 Å². The summed E-state index contributed by atoms with van der Waals surface area (Å²) < 4.78 is 4.92. The largest absolute Gasteiger partial charge is 0.468 e. The Balaban J connectivity index is 0.00000220. The summed E-state index contributed by atoms with van der Waals surface area (Å²) in [5, 5.41) is 3.42. The van der Waals surface area contributed by atoms with Gasteiger partial charge in [-0.05, 0) is 45.7 Å². The summed E-state index contributed by atoms with van der Waals surface area (Å²) >= 11 is 0. The van der Waals surface area contributed by atoms with Crippen LogP contribution in [0.5, 0.6) is 0 Å². The Bertz CT molecular complexity index is 325. The van der Waals surface area contributed by atoms with Crippen molar-refractivity contribution in [3.05, 3.63) is 0 Å². The van der Waals surface area contributed by atoms with Gasteiger partial charge in [-0.25, -0.2) is 0 Å². The molecule has 0 spiro atoms. The van der Waals surface area contributed by atoms with Gasteiger partial charge in [0.05, 0.1) is 7.11 Å². The lowest BCUT2D eigenvalue weighted by molar-refractivity contribution is -0.154. The maximum atomic E-state index is 11.8. The van der Waals surface area contributed by atoms with Crippen molar-refractivity contribution in [3.63, 3.8) is 0 Å². The standard InChI is InChI=1S/C15H29N3O2.ClH/c1-15(2,14(19)20-3)18-10-8-17(9-11-18)12-13-4-6-16-7-5-13;/h13,16H,4-12H2,1-3H3;1H. The minimum Gasteiger partial charge on any atom is -0.468 e. The fraction of sp³-hybridized carbons (Fsp3) is 0.933. The Hall–Kier alpha value is -0.360. The van der Waals surface area contributed by atoms with Crippen molar-refractivity contribution >= 4 is 18.4 Å². The first-order valence-corrected chi connectivity index (χ1v) is 7.80. The van der Waals surface area contributed by atoms with Crippen LogP contribution in [0.15, 0.2) is 0 Å². The second-order valence-electron chi connectivity index (χ2n) is 6.53. The number of halogens is 1. The van der Waals surface area contributed by atoms with Crippen LogP contribution in [-0.2, 0) is 9.53 Å². The highest BCUT2D eigenvalue weighted by molar-refractivity contribution is 5.85. The van der Waals surface area contributed by atoms with Crippen molar-refractivity contribution in [2.24, 2.45) is 5.92 Å². The van der Waals surface area contributed by atoms with E-state index in [1.807, 2.05) is 13.8 Å². The summed E-state index contributed by atoms with van der Waals surface area (Å²) in [6, 6.07) is 0. The van der Waals surface area contributed by atoms with Crippen LogP contribution >= 0.6 is 12.4 Å². The number of rotatable bonds is 4. The Labute approximate surface area is 134 Å². The second-order valence-corrected chi connectivity index (χ2v) is 6.53. The lowest BCUT2D eigenvalue weighted by atomic mass is 9.96. The van der Waals surface area contributed by atoms with Crippen molar-refractivity contribution < 1.29 is 9.53 Å². The third kappa shape index (κ3) is 4.81. The fourth-order valence-corrected chi connectivity index (χ4v) is 3.30. The normalized spacial score (nSPS) is 22.6. The number of hydrogen-bond donors (Lipinski definition) is 1. The number of esters is 1. The zero-order chi connectivity index (χ0) is 14.6. The van der Waals surface area contributed by atoms with Crippen molar-refractivity contribution in [2.75, 3.05) is 52.9 Å². The topological polar surface area (TPSA) is 44.8 Å². The molecule has 0 aromatic rings. The molecule has 0 aromatic carbocycles. The number of hydrogen-bond acceptors (Lipinski definition) is 5. The molecule has 1 N–H and O–H groups in total. The quantitative estimate of drug-likeness (QED) is 0.783. The molecular weight excluding hydrogens is 290 g/mol. The van der Waals surface area contributed by atoms with Gasteiger partial charge in [0.2, 0.25) is 0 Å². The molecule has 124 valence electrons. The Morgan fingerprint density at radius 1 is 1.19 bits per heavy atom. The van der Waals surface area contributed by atoms with E-state index in [4.69, 9.17) is 4.74 Å². The minimum atomic E-state index is -0.504. The van der Waals surface area contributed by atoms with Crippen LogP contribution < -0.4 is 5.32 Å². The summed E-state index contributed by atoms with van der Waals surface area (Å²) in [6.45, 7) is 11.5. The van der Waals surface area contributed by atoms with E-state index in [9.17, 15) is 4.79 Å². The molecule has 2 rings (SSSR count). The number of piperidine rings is 1. The van der Waals surface area contributed by atoms with Gasteiger partial charge in [-0.3, -0.25) is 9.69 Å². The third-order valence-electron chi connectivity index (χ3n) is 4.82. The maximum absolute atomic E-state index is 11.8. The van der Waals surface area contributed by atoms with E-state index in [1.165, 1.54) is 39.6 Å². The average molecular weight is 320 g/mol. The molecule has 0 radical (unpaired) electrons. The van der Waals surface area contributed by atoms with Crippen LogP contribution in [0, 0.1) is 5.92 Å². The van der Waals surface area contributed by atoms with Gasteiger partial charge in [-0.2, -0.15) is 0 Å². The molecule has 0 amide bonds. The van der Waals surface area contributed by atoms with Crippen LogP contribution in [0.1, 0.15) is 26.7 Å². The first-order chi connectivity index (χ1) is 9.54. The average Bonchev–Trinajstić information content (AvgIpc) is 2.48. The Morgan fingerprint density at radius 3 is 2.29 bits per heavy atom. The number of carbonyl (C=O) groups is 1. The number of nitrogens with one attached hydrogen (secondary N) is 1. The van der Waals surface area contributed by atoms with E-state index in [1.54, 1.807) is 0 Å². The molecule has 0 saturated carbocycles. The van der Waals surface area contributed by atoms with Crippen molar-refractivity contribution in [3.8, 4) is 0 Å². The molecule has 2 fully saturated rings. The molecule has 0 unspecified atom stereocenters. The van der Waals surface area contributed by atoms with Gasteiger partial charge in [0.25, 0.3) is 0 Å². The Kier molecular flexibility index (Phi) is 7.40. The lowest BCUT2D eigenvalue weighted by Crippen LogP contribution is -2.58. The number of nitrogens with zero attached hydrogens (tertiary/aromatic N) is 2. The number of ether oxygens (including phenoxy) is 1. The number of carbonyl (C=O) groups excluding carboxylic acids is 1. The number of methoxy groups -OCH3 is 1. The molecule has 2 heterocycles. The molecule has 21 heavy (non-hydrogen) atoms. The molecule has 6 heteroatoms. The highest BCUT2D eigenvalue weighted by Crippen LogP contribution is 2.20. The summed E-state index contributed by atoms with van der Waals surface area (Å²) in [4.78, 5) is 16.6. The zero-order valence-corrected chi connectivity index (χ0v) is 14.4. The van der Waals surface area contributed by atoms with Gasteiger partial charge < -0.3 is 15.0 Å². The SMILES string of the molecule is COC(=O)C(C)(C)N1CCN(CC2CCNCC2)CC1.Cl. The first kappa shape index (κ1) is 18.7. The summed E-state index contributed by atoms with van der Waals surface area (Å²) in [5.41, 5.74) is -0.504. The smallest absolute Gasteiger partial charge is 0.325 e. The van der Waals surface area contributed by atoms with Gasteiger partial charge in [-0.1, -0.05) is 0 Å². The van der Waals surface area contributed by atoms with Gasteiger partial charge in [0, 0.05) is 32.7 Å². The van der Waals surface area contributed by atoms with Crippen molar-refractivity contribution in [1.29, 1.82) is 0 Å². The monoisotopic (exact) mass is 319 g/mol. The number of piperazine rings is 1. The summed E-state index contributed by atoms with van der Waals surface area (Å²) in [7, 11) is 1.47. The van der Waals surface area contributed by atoms with E-state index in [2.05, 4.69) is 15.1 Å². The van der Waals surface area contributed by atoms with E-state index in [-0.39, 0.29) is 18.4 Å². The highest BCUT2D eigenvalue weighted by Gasteiger charge is 2.37. The fourth-order valence-electron chi connectivity index (χ4n) is 3.30. The predicted octanol–water partition coefficient (Wildman–Crippen LogP) is 0.977. The van der Waals surface area contributed by atoms with Crippen LogP contribution in [0.3, 0.4) is 0 Å². The Morgan fingerprint density at radius 2 is 1.76 bits per heavy atom. The van der Waals surface area contributed by atoms with Crippen LogP contribution in [0.25, 0.3) is 0 Å². The highest BCUT2D eigenvalue weighted by atomic mass is 35.5. The molecule has 0 atom stereocenters. The van der Waals surface area contributed by atoms with E-state index < -0.39 is 5.54 Å². The second kappa shape index (κ2) is 8.32. The predicted molar refractivity (Wildman–Crippen MR) is 86.9 cm³/mol. The van der Waals surface area contributed by atoms with E-state index >= 15 is 0 Å². The van der Waals surface area contributed by atoms with Crippen LogP contribution in [-0.4, -0.2) is 74.2 Å². The van der Waals surface area contributed by atoms with Crippen molar-refractivity contribution in [2.45, 2.75) is 32.2 Å². The molecule has 0 aromatic heterocycles. The maximum Gasteiger partial charge on any atom is 0.325 e. The molecule has 5 nitrogen and oxygen atoms in total. The van der Waals surface area contributed by atoms with Crippen molar-refractivity contribution in [1.82, 2.24) is 15.1 Å². The van der Waals surface area contributed by atoms with Crippen LogP contribution in [0.2, 0.25) is 0 Å². The zero-order valence-electron chi connectivity index (χ0n) is 13.6. The lowest BCUT2D eigenvalue weighted by Gasteiger charge is -2.43. The first-order valence-electron chi connectivity index (χ1n) is 7.80. The van der Waals surface area contributed by atoms with Gasteiger partial charge in [0.1, 0.15) is 5.54 Å². The van der Waals surface area contributed by atoms with E-state index in [0.29, 0.717) is 0 Å². The molecule has 2 aliphatic rings. The summed E-state index contributed by atoms with van der Waals surface area (Å²) in [6.07, 6.45) is 2.60. The molecule has 2 saturated heterocycles. The van der Waals surface area contributed by atoms with Gasteiger partial charge >= 0.3 is 5.97 Å². The molecule has 2 aliphatic heterocycles. The van der Waals surface area contributed by atoms with Gasteiger partial charge in [-0.15, -0.1) is 12.4 Å². The minimum absolute atomic E-state index is 0. The molecule has 0 aliphatic carbocycles. The molecule has 0 bridgehead atoms. The summed E-state index contributed by atoms with van der Waals surface area (Å²) in [5.74, 6) is 0.709. The van der Waals surface area contributed by atoms with Crippen LogP contribution in [0.4, 0.5) is 0 Å². The van der Waals surface area contributed by atoms with E-state index in [0.717, 1.165) is 32.1 Å².